The van der Waals surface area contributed by atoms with Crippen LogP contribution < -0.4 is 5.32 Å². The van der Waals surface area contributed by atoms with Crippen LogP contribution in [0, 0.1) is 0 Å². The second-order valence-electron chi connectivity index (χ2n) is 4.15. The van der Waals surface area contributed by atoms with E-state index in [1.165, 1.54) is 18.3 Å². The van der Waals surface area contributed by atoms with Crippen molar-refractivity contribution in [1.82, 2.24) is 10.3 Å². The minimum absolute atomic E-state index is 0.0797. The quantitative estimate of drug-likeness (QED) is 0.777. The van der Waals surface area contributed by atoms with Crippen molar-refractivity contribution in [2.24, 2.45) is 0 Å². The maximum atomic E-state index is 12.0. The van der Waals surface area contributed by atoms with Gasteiger partial charge in [0.15, 0.2) is 0 Å². The number of methoxy groups -OCH3 is 1. The summed E-state index contributed by atoms with van der Waals surface area (Å²) < 4.78 is 5.03. The third-order valence-corrected chi connectivity index (χ3v) is 2.58. The van der Waals surface area contributed by atoms with E-state index in [1.54, 1.807) is 7.11 Å². The van der Waals surface area contributed by atoms with Gasteiger partial charge in [-0.2, -0.15) is 0 Å². The predicted molar refractivity (Wildman–Crippen MR) is 69.2 cm³/mol. The molecule has 1 unspecified atom stereocenters. The highest BCUT2D eigenvalue weighted by molar-refractivity contribution is 5.96. The lowest BCUT2D eigenvalue weighted by atomic mass is 10.1. The molecule has 1 aromatic rings. The average molecular weight is 266 g/mol. The van der Waals surface area contributed by atoms with Gasteiger partial charge in [0, 0.05) is 18.9 Å². The molecule has 0 bridgehead atoms. The van der Waals surface area contributed by atoms with Gasteiger partial charge in [-0.15, -0.1) is 0 Å². The SMILES string of the molecule is CCCC(COC)NC(=O)c1ccnc(C(=O)O)c1. The first kappa shape index (κ1) is 15.1. The van der Waals surface area contributed by atoms with Gasteiger partial charge in [-0.05, 0) is 18.6 Å². The highest BCUT2D eigenvalue weighted by Crippen LogP contribution is 2.04. The molecular formula is C13H18N2O4. The summed E-state index contributed by atoms with van der Waals surface area (Å²) in [5.41, 5.74) is 0.135. The van der Waals surface area contributed by atoms with Gasteiger partial charge < -0.3 is 15.2 Å². The van der Waals surface area contributed by atoms with Crippen LogP contribution in [0.3, 0.4) is 0 Å². The summed E-state index contributed by atoms with van der Waals surface area (Å²) in [7, 11) is 1.57. The van der Waals surface area contributed by atoms with Crippen LogP contribution >= 0.6 is 0 Å². The molecule has 6 heteroatoms. The second-order valence-corrected chi connectivity index (χ2v) is 4.15. The molecule has 0 saturated heterocycles. The summed E-state index contributed by atoms with van der Waals surface area (Å²) in [5.74, 6) is -1.47. The first-order valence-corrected chi connectivity index (χ1v) is 6.07. The topological polar surface area (TPSA) is 88.5 Å². The minimum Gasteiger partial charge on any atom is -0.477 e. The number of nitrogens with zero attached hydrogens (tertiary/aromatic N) is 1. The fourth-order valence-electron chi connectivity index (χ4n) is 1.70. The number of pyridine rings is 1. The lowest BCUT2D eigenvalue weighted by Crippen LogP contribution is -2.38. The second kappa shape index (κ2) is 7.48. The summed E-state index contributed by atoms with van der Waals surface area (Å²) in [4.78, 5) is 26.4. The molecule has 0 spiro atoms. The monoisotopic (exact) mass is 266 g/mol. The molecule has 0 aromatic carbocycles. The Kier molecular flexibility index (Phi) is 5.95. The Labute approximate surface area is 111 Å². The van der Waals surface area contributed by atoms with Gasteiger partial charge in [-0.1, -0.05) is 13.3 Å². The number of ether oxygens (including phenoxy) is 1. The summed E-state index contributed by atoms with van der Waals surface area (Å²) in [6, 6.07) is 2.66. The van der Waals surface area contributed by atoms with E-state index in [9.17, 15) is 9.59 Å². The van der Waals surface area contributed by atoms with Crippen molar-refractivity contribution >= 4 is 11.9 Å². The van der Waals surface area contributed by atoms with Crippen molar-refractivity contribution in [3.8, 4) is 0 Å². The van der Waals surface area contributed by atoms with Crippen LogP contribution in [0.25, 0.3) is 0 Å². The third kappa shape index (κ3) is 4.67. The van der Waals surface area contributed by atoms with Crippen LogP contribution in [0.1, 0.15) is 40.6 Å². The number of hydrogen-bond acceptors (Lipinski definition) is 4. The average Bonchev–Trinajstić information content (AvgIpc) is 2.39. The van der Waals surface area contributed by atoms with Crippen molar-refractivity contribution in [2.75, 3.05) is 13.7 Å². The molecular weight excluding hydrogens is 248 g/mol. The molecule has 0 aliphatic rings. The molecule has 0 fully saturated rings. The fourth-order valence-corrected chi connectivity index (χ4v) is 1.70. The molecule has 1 amide bonds. The summed E-state index contributed by atoms with van der Waals surface area (Å²) >= 11 is 0. The highest BCUT2D eigenvalue weighted by Gasteiger charge is 2.14. The molecule has 0 saturated carbocycles. The van der Waals surface area contributed by atoms with E-state index in [0.717, 1.165) is 12.8 Å². The molecule has 1 heterocycles. The number of carboxylic acid groups (broad SMARTS) is 1. The van der Waals surface area contributed by atoms with Gasteiger partial charge in [0.2, 0.25) is 0 Å². The largest absolute Gasteiger partial charge is 0.477 e. The lowest BCUT2D eigenvalue weighted by molar-refractivity contribution is 0.0690. The molecule has 0 radical (unpaired) electrons. The number of aromatic carboxylic acids is 1. The van der Waals surface area contributed by atoms with Crippen molar-refractivity contribution in [3.63, 3.8) is 0 Å². The van der Waals surface area contributed by atoms with Crippen LogP contribution in [0.15, 0.2) is 18.3 Å². The van der Waals surface area contributed by atoms with Crippen LogP contribution in [-0.2, 0) is 4.74 Å². The summed E-state index contributed by atoms with van der Waals surface area (Å²) in [5, 5.41) is 11.6. The maximum Gasteiger partial charge on any atom is 0.354 e. The van der Waals surface area contributed by atoms with E-state index in [2.05, 4.69) is 10.3 Å². The van der Waals surface area contributed by atoms with E-state index >= 15 is 0 Å². The molecule has 2 N–H and O–H groups in total. The van der Waals surface area contributed by atoms with Crippen molar-refractivity contribution < 1.29 is 19.4 Å². The van der Waals surface area contributed by atoms with Crippen molar-refractivity contribution in [3.05, 3.63) is 29.6 Å². The molecule has 6 nitrogen and oxygen atoms in total. The maximum absolute atomic E-state index is 12.0. The number of carboxylic acids is 1. The number of nitrogens with one attached hydrogen (secondary N) is 1. The van der Waals surface area contributed by atoms with Gasteiger partial charge >= 0.3 is 5.97 Å². The standard InChI is InChI=1S/C13H18N2O4/c1-3-4-10(8-19-2)15-12(16)9-5-6-14-11(7-9)13(17)18/h5-7,10H,3-4,8H2,1-2H3,(H,15,16)(H,17,18). The summed E-state index contributed by atoms with van der Waals surface area (Å²) in [6.45, 7) is 2.44. The van der Waals surface area contributed by atoms with E-state index in [-0.39, 0.29) is 23.2 Å². The Hall–Kier alpha value is -1.95. The number of rotatable bonds is 7. The number of hydrogen-bond donors (Lipinski definition) is 2. The molecule has 19 heavy (non-hydrogen) atoms. The molecule has 104 valence electrons. The third-order valence-electron chi connectivity index (χ3n) is 2.58. The van der Waals surface area contributed by atoms with Crippen molar-refractivity contribution in [2.45, 2.75) is 25.8 Å². The molecule has 0 aliphatic carbocycles. The normalized spacial score (nSPS) is 11.9. The van der Waals surface area contributed by atoms with Crippen LogP contribution in [0.5, 0.6) is 0 Å². The van der Waals surface area contributed by atoms with Crippen LogP contribution in [0.2, 0.25) is 0 Å². The van der Waals surface area contributed by atoms with Crippen LogP contribution in [-0.4, -0.2) is 41.7 Å². The first-order chi connectivity index (χ1) is 9.08. The first-order valence-electron chi connectivity index (χ1n) is 6.07. The molecule has 1 atom stereocenters. The molecule has 0 aliphatic heterocycles. The van der Waals surface area contributed by atoms with Gasteiger partial charge in [0.05, 0.1) is 12.6 Å². The van der Waals surface area contributed by atoms with Crippen molar-refractivity contribution in [1.29, 1.82) is 0 Å². The van der Waals surface area contributed by atoms with Gasteiger partial charge in [0.25, 0.3) is 5.91 Å². The molecule has 1 aromatic heterocycles. The number of amides is 1. The molecule has 1 rings (SSSR count). The zero-order chi connectivity index (χ0) is 14.3. The smallest absolute Gasteiger partial charge is 0.354 e. The van der Waals surface area contributed by atoms with Gasteiger partial charge in [-0.25, -0.2) is 9.78 Å². The van der Waals surface area contributed by atoms with Crippen LogP contribution in [0.4, 0.5) is 0 Å². The highest BCUT2D eigenvalue weighted by atomic mass is 16.5. The van der Waals surface area contributed by atoms with Gasteiger partial charge in [0.1, 0.15) is 5.69 Å². The van der Waals surface area contributed by atoms with E-state index in [4.69, 9.17) is 9.84 Å². The fraction of sp³-hybridized carbons (Fsp3) is 0.462. The number of aromatic nitrogens is 1. The minimum atomic E-state index is -1.16. The Balaban J connectivity index is 2.76. The predicted octanol–water partition coefficient (Wildman–Crippen LogP) is 1.32. The van der Waals surface area contributed by atoms with E-state index in [0.29, 0.717) is 6.61 Å². The Morgan fingerprint density at radius 1 is 1.53 bits per heavy atom. The number of carbonyl (C=O) groups excluding carboxylic acids is 1. The Morgan fingerprint density at radius 2 is 2.26 bits per heavy atom. The zero-order valence-electron chi connectivity index (χ0n) is 11.0. The summed E-state index contributed by atoms with van der Waals surface area (Å²) in [6.07, 6.45) is 3.03. The Morgan fingerprint density at radius 3 is 2.84 bits per heavy atom. The number of carbonyl (C=O) groups is 2. The Bertz CT molecular complexity index is 442. The van der Waals surface area contributed by atoms with Gasteiger partial charge in [-0.3, -0.25) is 4.79 Å². The van der Waals surface area contributed by atoms with E-state index in [1.807, 2.05) is 6.92 Å². The zero-order valence-corrected chi connectivity index (χ0v) is 11.0. The lowest BCUT2D eigenvalue weighted by Gasteiger charge is -2.17. The van der Waals surface area contributed by atoms with E-state index < -0.39 is 5.97 Å².